The second kappa shape index (κ2) is 7.94. The first-order valence-corrected chi connectivity index (χ1v) is 6.95. The molecule has 0 aliphatic rings. The van der Waals surface area contributed by atoms with Crippen LogP contribution in [0.5, 0.6) is 0 Å². The molecule has 5 nitrogen and oxygen atoms in total. The zero-order valence-corrected chi connectivity index (χ0v) is 12.7. The molecule has 1 rings (SSSR count). The van der Waals surface area contributed by atoms with Crippen LogP contribution in [0.15, 0.2) is 6.07 Å². The van der Waals surface area contributed by atoms with Crippen LogP contribution >= 0.6 is 0 Å². The van der Waals surface area contributed by atoms with E-state index in [1.165, 1.54) is 6.42 Å². The Bertz CT molecular complexity index is 384. The summed E-state index contributed by atoms with van der Waals surface area (Å²) in [5.41, 5.74) is 0. The van der Waals surface area contributed by atoms with Crippen molar-refractivity contribution in [2.24, 2.45) is 5.92 Å². The van der Waals surface area contributed by atoms with Crippen LogP contribution in [0.4, 0.5) is 11.6 Å². The number of hydrogen-bond donors (Lipinski definition) is 1. The van der Waals surface area contributed by atoms with Crippen molar-refractivity contribution in [3.63, 3.8) is 0 Å². The number of anilines is 2. The summed E-state index contributed by atoms with van der Waals surface area (Å²) in [7, 11) is 3.93. The Morgan fingerprint density at radius 1 is 1.37 bits per heavy atom. The van der Waals surface area contributed by atoms with Gasteiger partial charge in [-0.15, -0.1) is 0 Å². The van der Waals surface area contributed by atoms with E-state index in [0.717, 1.165) is 24.0 Å². The fourth-order valence-electron chi connectivity index (χ4n) is 1.75. The number of nitrogens with zero attached hydrogens (tertiary/aromatic N) is 3. The first-order valence-electron chi connectivity index (χ1n) is 6.95. The van der Waals surface area contributed by atoms with Gasteiger partial charge < -0.3 is 15.0 Å². The van der Waals surface area contributed by atoms with Crippen LogP contribution in [0.3, 0.4) is 0 Å². The minimum absolute atomic E-state index is 0.455. The Hall–Kier alpha value is -1.36. The van der Waals surface area contributed by atoms with E-state index in [1.54, 1.807) is 0 Å². The van der Waals surface area contributed by atoms with Gasteiger partial charge in [-0.1, -0.05) is 20.3 Å². The molecule has 1 heterocycles. The molecule has 0 aliphatic heterocycles. The van der Waals surface area contributed by atoms with Gasteiger partial charge in [0.25, 0.3) is 0 Å². The summed E-state index contributed by atoms with van der Waals surface area (Å²) < 4.78 is 5.38. The Kier molecular flexibility index (Phi) is 6.56. The Morgan fingerprint density at radius 3 is 2.68 bits per heavy atom. The maximum Gasteiger partial charge on any atom is 0.158 e. The molecule has 0 bridgehead atoms. The lowest BCUT2D eigenvalue weighted by atomic mass is 10.1. The molecule has 0 saturated carbocycles. The van der Waals surface area contributed by atoms with Crippen molar-refractivity contribution in [1.82, 2.24) is 9.97 Å². The summed E-state index contributed by atoms with van der Waals surface area (Å²) in [6.45, 7) is 8.54. The normalized spacial score (nSPS) is 12.3. The predicted molar refractivity (Wildman–Crippen MR) is 79.6 cm³/mol. The van der Waals surface area contributed by atoms with Gasteiger partial charge in [0.15, 0.2) is 5.82 Å². The van der Waals surface area contributed by atoms with Gasteiger partial charge in [-0.05, 0) is 12.8 Å². The summed E-state index contributed by atoms with van der Waals surface area (Å²) in [5, 5.41) is 3.07. The highest BCUT2D eigenvalue weighted by molar-refractivity contribution is 5.48. The van der Waals surface area contributed by atoms with Gasteiger partial charge in [0.05, 0.1) is 0 Å². The fourth-order valence-corrected chi connectivity index (χ4v) is 1.75. The maximum absolute atomic E-state index is 5.38. The largest absolute Gasteiger partial charge is 0.374 e. The minimum Gasteiger partial charge on any atom is -0.374 e. The summed E-state index contributed by atoms with van der Waals surface area (Å²) in [5.74, 6) is 3.14. The van der Waals surface area contributed by atoms with Crippen LogP contribution in [0, 0.1) is 5.92 Å². The molecule has 1 atom stereocenters. The molecular formula is C14H26N4O. The molecule has 0 saturated heterocycles. The topological polar surface area (TPSA) is 50.3 Å². The van der Waals surface area contributed by atoms with E-state index in [1.807, 2.05) is 20.0 Å². The molecule has 0 aromatic carbocycles. The van der Waals surface area contributed by atoms with Crippen LogP contribution in [0.1, 0.15) is 33.0 Å². The Labute approximate surface area is 116 Å². The third kappa shape index (κ3) is 5.03. The molecule has 0 spiro atoms. The molecule has 0 radical (unpaired) electrons. The van der Waals surface area contributed by atoms with E-state index in [9.17, 15) is 0 Å². The van der Waals surface area contributed by atoms with Crippen LogP contribution < -0.4 is 10.2 Å². The molecule has 0 amide bonds. The van der Waals surface area contributed by atoms with Crippen LogP contribution in [0.25, 0.3) is 0 Å². The highest BCUT2D eigenvalue weighted by Crippen LogP contribution is 2.17. The number of rotatable bonds is 8. The van der Waals surface area contributed by atoms with Crippen LogP contribution in [-0.2, 0) is 11.3 Å². The van der Waals surface area contributed by atoms with E-state index in [4.69, 9.17) is 4.74 Å². The number of aromatic nitrogens is 2. The summed E-state index contributed by atoms with van der Waals surface area (Å²) in [4.78, 5) is 11.1. The lowest BCUT2D eigenvalue weighted by Gasteiger charge is -2.22. The van der Waals surface area contributed by atoms with Gasteiger partial charge in [0, 0.05) is 33.3 Å². The summed E-state index contributed by atoms with van der Waals surface area (Å²) in [6.07, 6.45) is 1.17. The smallest absolute Gasteiger partial charge is 0.158 e. The van der Waals surface area contributed by atoms with Crippen molar-refractivity contribution >= 4 is 11.6 Å². The molecule has 1 N–H and O–H groups in total. The molecule has 19 heavy (non-hydrogen) atoms. The van der Waals surface area contributed by atoms with Crippen molar-refractivity contribution in [2.45, 2.75) is 33.8 Å². The number of nitrogens with one attached hydrogen (secondary N) is 1. The van der Waals surface area contributed by atoms with E-state index in [2.05, 4.69) is 41.1 Å². The number of ether oxygens (including phenoxy) is 1. The van der Waals surface area contributed by atoms with E-state index >= 15 is 0 Å². The summed E-state index contributed by atoms with van der Waals surface area (Å²) >= 11 is 0. The van der Waals surface area contributed by atoms with E-state index < -0.39 is 0 Å². The quantitative estimate of drug-likeness (QED) is 0.783. The molecule has 0 fully saturated rings. The molecule has 0 aliphatic carbocycles. The van der Waals surface area contributed by atoms with Crippen molar-refractivity contribution in [2.75, 3.05) is 37.5 Å². The predicted octanol–water partition coefficient (Wildman–Crippen LogP) is 2.54. The van der Waals surface area contributed by atoms with E-state index in [0.29, 0.717) is 19.1 Å². The van der Waals surface area contributed by atoms with Gasteiger partial charge >= 0.3 is 0 Å². The SMILES string of the molecule is CCOCc1nc(NC)cc(N(C)CC(C)CC)n1. The van der Waals surface area contributed by atoms with Crippen LogP contribution in [0.2, 0.25) is 0 Å². The van der Waals surface area contributed by atoms with Crippen molar-refractivity contribution in [3.8, 4) is 0 Å². The van der Waals surface area contributed by atoms with Gasteiger partial charge in [-0.3, -0.25) is 0 Å². The summed E-state index contributed by atoms with van der Waals surface area (Å²) in [6, 6.07) is 1.97. The van der Waals surface area contributed by atoms with Gasteiger partial charge in [-0.25, -0.2) is 9.97 Å². The lowest BCUT2D eigenvalue weighted by Crippen LogP contribution is -2.25. The molecule has 108 valence electrons. The molecular weight excluding hydrogens is 240 g/mol. The minimum atomic E-state index is 0.455. The lowest BCUT2D eigenvalue weighted by molar-refractivity contribution is 0.128. The van der Waals surface area contributed by atoms with Crippen LogP contribution in [-0.4, -0.2) is 37.2 Å². The molecule has 1 aromatic heterocycles. The average Bonchev–Trinajstić information content (AvgIpc) is 2.44. The van der Waals surface area contributed by atoms with Crippen molar-refractivity contribution in [3.05, 3.63) is 11.9 Å². The van der Waals surface area contributed by atoms with Gasteiger partial charge in [0.2, 0.25) is 0 Å². The third-order valence-corrected chi connectivity index (χ3v) is 3.12. The Balaban J connectivity index is 2.85. The second-order valence-electron chi connectivity index (χ2n) is 4.81. The van der Waals surface area contributed by atoms with Crippen molar-refractivity contribution < 1.29 is 4.74 Å². The fraction of sp³-hybridized carbons (Fsp3) is 0.714. The van der Waals surface area contributed by atoms with Gasteiger partial charge in [-0.2, -0.15) is 0 Å². The zero-order valence-electron chi connectivity index (χ0n) is 12.7. The highest BCUT2D eigenvalue weighted by Gasteiger charge is 2.10. The van der Waals surface area contributed by atoms with Gasteiger partial charge in [0.1, 0.15) is 18.2 Å². The van der Waals surface area contributed by atoms with Crippen molar-refractivity contribution in [1.29, 1.82) is 0 Å². The molecule has 1 aromatic rings. The molecule has 1 unspecified atom stereocenters. The standard InChI is InChI=1S/C14H26N4O/c1-6-11(3)9-18(5)14-8-12(15-4)16-13(17-14)10-19-7-2/h8,11H,6-7,9-10H2,1-5H3,(H,15,16,17). The molecule has 5 heteroatoms. The Morgan fingerprint density at radius 2 is 2.11 bits per heavy atom. The third-order valence-electron chi connectivity index (χ3n) is 3.12. The number of hydrogen-bond acceptors (Lipinski definition) is 5. The second-order valence-corrected chi connectivity index (χ2v) is 4.81. The average molecular weight is 266 g/mol. The monoisotopic (exact) mass is 266 g/mol. The highest BCUT2D eigenvalue weighted by atomic mass is 16.5. The zero-order chi connectivity index (χ0) is 14.3. The maximum atomic E-state index is 5.38. The van der Waals surface area contributed by atoms with E-state index in [-0.39, 0.29) is 0 Å². The first kappa shape index (κ1) is 15.7. The first-order chi connectivity index (χ1) is 9.10.